The van der Waals surface area contributed by atoms with E-state index in [1.807, 2.05) is 0 Å². The van der Waals surface area contributed by atoms with Crippen molar-refractivity contribution in [2.24, 2.45) is 5.16 Å². The molecule has 2 aliphatic rings. The van der Waals surface area contributed by atoms with Crippen LogP contribution in [0.5, 0.6) is 0 Å². The van der Waals surface area contributed by atoms with E-state index in [4.69, 9.17) is 26.0 Å². The van der Waals surface area contributed by atoms with Gasteiger partial charge in [0.25, 0.3) is 17.5 Å². The Labute approximate surface area is 207 Å². The number of amides is 2. The third-order valence-electron chi connectivity index (χ3n) is 4.78. The van der Waals surface area contributed by atoms with Crippen molar-refractivity contribution in [3.05, 3.63) is 11.1 Å². The van der Waals surface area contributed by atoms with E-state index >= 15 is 0 Å². The van der Waals surface area contributed by atoms with E-state index in [2.05, 4.69) is 20.8 Å². The SMILES string of the molecule is CNc1nc(/C(=N\OC)C(=O)N[C@@H]2C(=O)N3C2S[C@@H](CC=O)[C@]3(OC)C(=O)O)cs1.O=CCCl. The Bertz CT molecular complexity index is 976. The van der Waals surface area contributed by atoms with E-state index in [0.717, 1.165) is 16.7 Å². The van der Waals surface area contributed by atoms with Crippen molar-refractivity contribution in [3.63, 3.8) is 0 Å². The fraction of sp³-hybridized carbons (Fsp3) is 0.500. The third-order valence-corrected chi connectivity index (χ3v) is 7.37. The molecule has 0 saturated carbocycles. The first-order valence-corrected chi connectivity index (χ1v) is 11.9. The maximum atomic E-state index is 12.8. The molecule has 0 spiro atoms. The summed E-state index contributed by atoms with van der Waals surface area (Å²) in [6.45, 7) is 0. The number of oxime groups is 1. The summed E-state index contributed by atoms with van der Waals surface area (Å²) in [4.78, 5) is 67.5. The highest BCUT2D eigenvalue weighted by Crippen LogP contribution is 2.51. The Kier molecular flexibility index (Phi) is 9.78. The fourth-order valence-electron chi connectivity index (χ4n) is 3.37. The van der Waals surface area contributed by atoms with Gasteiger partial charge in [0.2, 0.25) is 0 Å². The van der Waals surface area contributed by atoms with Gasteiger partial charge in [-0.3, -0.25) is 14.5 Å². The number of nitrogens with zero attached hydrogens (tertiary/aromatic N) is 3. The lowest BCUT2D eigenvalue weighted by atomic mass is 9.97. The molecule has 34 heavy (non-hydrogen) atoms. The molecule has 0 bridgehead atoms. The maximum absolute atomic E-state index is 12.8. The lowest BCUT2D eigenvalue weighted by molar-refractivity contribution is -0.206. The summed E-state index contributed by atoms with van der Waals surface area (Å²) in [6.07, 6.45) is 1.08. The highest BCUT2D eigenvalue weighted by Gasteiger charge is 2.70. The largest absolute Gasteiger partial charge is 0.478 e. The van der Waals surface area contributed by atoms with E-state index in [-0.39, 0.29) is 23.7 Å². The first-order chi connectivity index (χ1) is 16.3. The Morgan fingerprint density at radius 2 is 2.06 bits per heavy atom. The van der Waals surface area contributed by atoms with Gasteiger partial charge in [-0.1, -0.05) is 5.16 Å². The molecule has 0 radical (unpaired) electrons. The summed E-state index contributed by atoms with van der Waals surface area (Å²) in [5.74, 6) is -2.61. The predicted molar refractivity (Wildman–Crippen MR) is 124 cm³/mol. The van der Waals surface area contributed by atoms with Crippen molar-refractivity contribution in [3.8, 4) is 0 Å². The number of alkyl halides is 1. The number of thioether (sulfide) groups is 1. The standard InChI is InChI=1S/C16H19N5O7S2.C2H3ClO/c1-17-15-18-7(6-29-15)9(20-28-3)11(23)19-10-12(24)21-13(10)30-8(4-5-22)16(21,27-2)14(25)26;3-1-2-4/h5-6,8,10,13H,4H2,1-3H3,(H,17,18)(H,19,23)(H,25,26);2H,1H2/b20-9+;/t8-,10+,13?,16-;/m0./s1. The molecule has 3 heterocycles. The fourth-order valence-corrected chi connectivity index (χ4v) is 5.77. The van der Waals surface area contributed by atoms with E-state index in [0.29, 0.717) is 17.7 Å². The minimum absolute atomic E-state index is 0.111. The molecule has 3 N–H and O–H groups in total. The second-order valence-electron chi connectivity index (χ2n) is 6.51. The number of fused-ring (bicyclic) bond motifs is 1. The van der Waals surface area contributed by atoms with Crippen LogP contribution in [0.15, 0.2) is 10.5 Å². The first kappa shape index (κ1) is 27.5. The van der Waals surface area contributed by atoms with E-state index in [1.54, 1.807) is 12.4 Å². The summed E-state index contributed by atoms with van der Waals surface area (Å²) in [6, 6.07) is -1.02. The summed E-state index contributed by atoms with van der Waals surface area (Å²) < 4.78 is 5.21. The highest BCUT2D eigenvalue weighted by molar-refractivity contribution is 8.01. The van der Waals surface area contributed by atoms with Gasteiger partial charge in [-0.05, 0) is 0 Å². The predicted octanol–water partition coefficient (Wildman–Crippen LogP) is -0.256. The van der Waals surface area contributed by atoms with Gasteiger partial charge in [0.1, 0.15) is 36.8 Å². The molecular formula is C18H22ClN5O8S2. The molecule has 3 rings (SSSR count). The molecule has 1 unspecified atom stereocenters. The lowest BCUT2D eigenvalue weighted by Gasteiger charge is -2.47. The van der Waals surface area contributed by atoms with Crippen LogP contribution in [-0.2, 0) is 33.5 Å². The zero-order valence-electron chi connectivity index (χ0n) is 18.2. The molecule has 13 nitrogen and oxygen atoms in total. The van der Waals surface area contributed by atoms with Crippen molar-refractivity contribution >= 4 is 75.9 Å². The normalized spacial score (nSPS) is 25.3. The summed E-state index contributed by atoms with van der Waals surface area (Å²) in [5.41, 5.74) is -1.86. The molecule has 2 amide bonds. The van der Waals surface area contributed by atoms with Gasteiger partial charge in [-0.2, -0.15) is 0 Å². The number of hydrogen-bond acceptors (Lipinski definition) is 12. The van der Waals surface area contributed by atoms with Crippen LogP contribution in [-0.4, -0.2) is 101 Å². The summed E-state index contributed by atoms with van der Waals surface area (Å²) in [5, 5.41) is 19.4. The van der Waals surface area contributed by atoms with Crippen LogP contribution in [0.4, 0.5) is 5.13 Å². The molecule has 1 aromatic heterocycles. The number of ether oxygens (including phenoxy) is 1. The van der Waals surface area contributed by atoms with Crippen LogP contribution in [0.25, 0.3) is 0 Å². The van der Waals surface area contributed by atoms with Crippen molar-refractivity contribution in [1.82, 2.24) is 15.2 Å². The number of methoxy groups -OCH3 is 1. The molecule has 0 aliphatic carbocycles. The molecule has 0 aromatic carbocycles. The monoisotopic (exact) mass is 535 g/mol. The number of halogens is 1. The third kappa shape index (κ3) is 5.01. The van der Waals surface area contributed by atoms with Crippen molar-refractivity contribution in [1.29, 1.82) is 0 Å². The van der Waals surface area contributed by atoms with E-state index in [9.17, 15) is 24.3 Å². The number of carboxylic acid groups (broad SMARTS) is 1. The van der Waals surface area contributed by atoms with Gasteiger partial charge in [0, 0.05) is 26.0 Å². The Balaban J connectivity index is 0.000000945. The van der Waals surface area contributed by atoms with Gasteiger partial charge in [0.05, 0.1) is 11.1 Å². The van der Waals surface area contributed by atoms with Crippen LogP contribution >= 0.6 is 34.7 Å². The average Bonchev–Trinajstić information content (AvgIpc) is 3.42. The van der Waals surface area contributed by atoms with Crippen LogP contribution in [0, 0.1) is 0 Å². The van der Waals surface area contributed by atoms with Crippen LogP contribution in [0.1, 0.15) is 12.1 Å². The number of β-lactam (4-membered cyclic amide) rings is 1. The van der Waals surface area contributed by atoms with Crippen molar-refractivity contribution in [2.45, 2.75) is 28.8 Å². The zero-order valence-corrected chi connectivity index (χ0v) is 20.6. The summed E-state index contributed by atoms with van der Waals surface area (Å²) in [7, 11) is 4.11. The van der Waals surface area contributed by atoms with E-state index < -0.39 is 40.2 Å². The quantitative estimate of drug-likeness (QED) is 0.118. The maximum Gasteiger partial charge on any atom is 0.358 e. The van der Waals surface area contributed by atoms with E-state index in [1.165, 1.54) is 25.6 Å². The van der Waals surface area contributed by atoms with Crippen molar-refractivity contribution in [2.75, 3.05) is 32.5 Å². The Hall–Kier alpha value is -2.75. The molecule has 2 saturated heterocycles. The molecule has 4 atom stereocenters. The zero-order chi connectivity index (χ0) is 25.5. The van der Waals surface area contributed by atoms with Gasteiger partial charge < -0.3 is 34.9 Å². The average molecular weight is 536 g/mol. The first-order valence-electron chi connectivity index (χ1n) is 9.53. The van der Waals surface area contributed by atoms with Crippen LogP contribution in [0.2, 0.25) is 0 Å². The molecule has 2 fully saturated rings. The number of thiazole rings is 1. The topological polar surface area (TPSA) is 177 Å². The molecule has 2 aliphatic heterocycles. The number of nitrogens with one attached hydrogen (secondary N) is 2. The van der Waals surface area contributed by atoms with Gasteiger partial charge in [-0.25, -0.2) is 9.78 Å². The number of aliphatic carboxylic acids is 1. The van der Waals surface area contributed by atoms with Crippen LogP contribution < -0.4 is 10.6 Å². The Morgan fingerprint density at radius 1 is 1.38 bits per heavy atom. The second-order valence-corrected chi connectivity index (χ2v) is 9.00. The lowest BCUT2D eigenvalue weighted by Crippen LogP contribution is -2.75. The molecular weight excluding hydrogens is 514 g/mol. The number of carbonyl (C=O) groups excluding carboxylic acids is 4. The van der Waals surface area contributed by atoms with Crippen molar-refractivity contribution < 1.29 is 38.7 Å². The second kappa shape index (κ2) is 12.1. The number of aromatic nitrogens is 1. The highest BCUT2D eigenvalue weighted by atomic mass is 35.5. The number of aldehydes is 2. The van der Waals surface area contributed by atoms with Gasteiger partial charge in [0.15, 0.2) is 10.8 Å². The van der Waals surface area contributed by atoms with Gasteiger partial charge >= 0.3 is 5.97 Å². The summed E-state index contributed by atoms with van der Waals surface area (Å²) >= 11 is 7.16. The smallest absolute Gasteiger partial charge is 0.358 e. The number of rotatable bonds is 10. The molecule has 16 heteroatoms. The minimum Gasteiger partial charge on any atom is -0.478 e. The molecule has 186 valence electrons. The molecule has 1 aromatic rings. The number of hydrogen-bond donors (Lipinski definition) is 3. The number of carbonyl (C=O) groups is 5. The Morgan fingerprint density at radius 3 is 2.53 bits per heavy atom. The number of anilines is 1. The van der Waals surface area contributed by atoms with Crippen LogP contribution in [0.3, 0.4) is 0 Å². The van der Waals surface area contributed by atoms with Gasteiger partial charge in [-0.15, -0.1) is 34.7 Å². The number of carboxylic acids is 1. The minimum atomic E-state index is -1.98.